The minimum Gasteiger partial charge on any atom is -0.324 e. The zero-order valence-electron chi connectivity index (χ0n) is 16.4. The molecule has 1 saturated heterocycles. The van der Waals surface area contributed by atoms with E-state index in [1.165, 1.54) is 11.3 Å². The number of aryl methyl sites for hydroxylation is 2. The number of nitrogens with zero attached hydrogens (tertiary/aromatic N) is 1. The first-order valence-corrected chi connectivity index (χ1v) is 11.8. The molecule has 0 spiro atoms. The lowest BCUT2D eigenvalue weighted by atomic mass is 10.0. The Hall–Kier alpha value is -1.74. The van der Waals surface area contributed by atoms with Crippen LogP contribution < -0.4 is 10.0 Å². The standard InChI is InChI=1S/C20H27N3O3S2/c1-14-6-7-15(2)18(13-14)21-20(24)16(3)23-10-8-17(9-11-23)22-28(25,26)19-5-4-12-27-19/h4-7,12-13,16-17,22H,8-11H2,1-3H3,(H,21,24)/t16-/m0/s1. The van der Waals surface area contributed by atoms with E-state index in [9.17, 15) is 13.2 Å². The molecule has 6 nitrogen and oxygen atoms in total. The van der Waals surface area contributed by atoms with Gasteiger partial charge in [-0.1, -0.05) is 18.2 Å². The first kappa shape index (κ1) is 21.0. The monoisotopic (exact) mass is 421 g/mol. The van der Waals surface area contributed by atoms with Crippen molar-refractivity contribution < 1.29 is 13.2 Å². The Morgan fingerprint density at radius 1 is 1.21 bits per heavy atom. The predicted octanol–water partition coefficient (Wildman–Crippen LogP) is 3.13. The number of nitrogens with one attached hydrogen (secondary N) is 2. The summed E-state index contributed by atoms with van der Waals surface area (Å²) in [6, 6.07) is 8.98. The number of hydrogen-bond donors (Lipinski definition) is 2. The lowest BCUT2D eigenvalue weighted by molar-refractivity contribution is -0.121. The van der Waals surface area contributed by atoms with E-state index in [0.717, 1.165) is 16.8 Å². The Morgan fingerprint density at radius 3 is 2.57 bits per heavy atom. The average molecular weight is 422 g/mol. The van der Waals surface area contributed by atoms with Gasteiger partial charge in [-0.25, -0.2) is 13.1 Å². The molecule has 1 aromatic carbocycles. The largest absolute Gasteiger partial charge is 0.324 e. The second-order valence-corrected chi connectivity index (χ2v) is 10.2. The van der Waals surface area contributed by atoms with E-state index in [1.54, 1.807) is 17.5 Å². The molecule has 8 heteroatoms. The molecule has 2 aromatic rings. The number of carbonyl (C=O) groups excluding carboxylic acids is 1. The molecule has 28 heavy (non-hydrogen) atoms. The van der Waals surface area contributed by atoms with Crippen molar-refractivity contribution in [1.82, 2.24) is 9.62 Å². The molecule has 1 fully saturated rings. The quantitative estimate of drug-likeness (QED) is 0.751. The Labute approximate surface area is 171 Å². The number of benzene rings is 1. The summed E-state index contributed by atoms with van der Waals surface area (Å²) in [6.07, 6.45) is 1.37. The van der Waals surface area contributed by atoms with Crippen molar-refractivity contribution in [3.05, 3.63) is 46.8 Å². The molecule has 152 valence electrons. The molecule has 1 aliphatic heterocycles. The van der Waals surface area contributed by atoms with Gasteiger partial charge < -0.3 is 5.32 Å². The van der Waals surface area contributed by atoms with Gasteiger partial charge in [-0.3, -0.25) is 9.69 Å². The fourth-order valence-electron chi connectivity index (χ4n) is 3.37. The van der Waals surface area contributed by atoms with Crippen LogP contribution >= 0.6 is 11.3 Å². The van der Waals surface area contributed by atoms with E-state index >= 15 is 0 Å². The molecule has 1 amide bonds. The zero-order chi connectivity index (χ0) is 20.3. The number of carbonyl (C=O) groups is 1. The summed E-state index contributed by atoms with van der Waals surface area (Å²) in [4.78, 5) is 14.8. The van der Waals surface area contributed by atoms with Crippen LogP contribution in [0.5, 0.6) is 0 Å². The molecule has 0 bridgehead atoms. The average Bonchev–Trinajstić information content (AvgIpc) is 3.20. The number of rotatable bonds is 6. The van der Waals surface area contributed by atoms with E-state index < -0.39 is 10.0 Å². The maximum atomic E-state index is 12.7. The van der Waals surface area contributed by atoms with Crippen LogP contribution in [0.3, 0.4) is 0 Å². The lowest BCUT2D eigenvalue weighted by Gasteiger charge is -2.35. The molecule has 3 rings (SSSR count). The summed E-state index contributed by atoms with van der Waals surface area (Å²) in [5.74, 6) is -0.0358. The van der Waals surface area contributed by atoms with Crippen LogP contribution in [0, 0.1) is 13.8 Å². The van der Waals surface area contributed by atoms with Gasteiger partial charge in [0.05, 0.1) is 6.04 Å². The first-order chi connectivity index (χ1) is 13.3. The summed E-state index contributed by atoms with van der Waals surface area (Å²) < 4.78 is 27.9. The molecular formula is C20H27N3O3S2. The van der Waals surface area contributed by atoms with Crippen molar-refractivity contribution in [2.24, 2.45) is 0 Å². The normalized spacial score (nSPS) is 17.4. The molecule has 0 saturated carbocycles. The molecule has 1 aliphatic rings. The first-order valence-electron chi connectivity index (χ1n) is 9.44. The number of sulfonamides is 1. The third kappa shape index (κ3) is 5.00. The highest BCUT2D eigenvalue weighted by molar-refractivity contribution is 7.91. The van der Waals surface area contributed by atoms with Gasteiger partial charge in [0.2, 0.25) is 15.9 Å². The number of likely N-dealkylation sites (tertiary alicyclic amines) is 1. The summed E-state index contributed by atoms with van der Waals surface area (Å²) in [5, 5.41) is 4.78. The van der Waals surface area contributed by atoms with Gasteiger partial charge in [0.25, 0.3) is 0 Å². The molecular weight excluding hydrogens is 394 g/mol. The van der Waals surface area contributed by atoms with Crippen LogP contribution in [0.15, 0.2) is 39.9 Å². The molecule has 1 atom stereocenters. The third-order valence-electron chi connectivity index (χ3n) is 5.19. The van der Waals surface area contributed by atoms with Gasteiger partial charge in [-0.05, 0) is 62.3 Å². The van der Waals surface area contributed by atoms with Crippen LogP contribution in [0.2, 0.25) is 0 Å². The Bertz CT molecular complexity index is 918. The topological polar surface area (TPSA) is 78.5 Å². The van der Waals surface area contributed by atoms with Crippen LogP contribution in [0.25, 0.3) is 0 Å². The van der Waals surface area contributed by atoms with Gasteiger partial charge in [-0.2, -0.15) is 0 Å². The van der Waals surface area contributed by atoms with E-state index in [-0.39, 0.29) is 18.0 Å². The molecule has 0 unspecified atom stereocenters. The van der Waals surface area contributed by atoms with Gasteiger partial charge in [0.1, 0.15) is 4.21 Å². The number of thiophene rings is 1. The summed E-state index contributed by atoms with van der Waals surface area (Å²) in [7, 11) is -3.45. The highest BCUT2D eigenvalue weighted by Crippen LogP contribution is 2.21. The van der Waals surface area contributed by atoms with E-state index in [4.69, 9.17) is 0 Å². The fraction of sp³-hybridized carbons (Fsp3) is 0.450. The molecule has 0 aliphatic carbocycles. The van der Waals surface area contributed by atoms with Crippen molar-refractivity contribution in [2.45, 2.75) is 49.9 Å². The minimum atomic E-state index is -3.45. The van der Waals surface area contributed by atoms with Crippen LogP contribution in [0.1, 0.15) is 30.9 Å². The van der Waals surface area contributed by atoms with Crippen molar-refractivity contribution in [2.75, 3.05) is 18.4 Å². The van der Waals surface area contributed by atoms with Gasteiger partial charge >= 0.3 is 0 Å². The molecule has 2 N–H and O–H groups in total. The molecule has 1 aromatic heterocycles. The summed E-state index contributed by atoms with van der Waals surface area (Å²) in [5.41, 5.74) is 2.98. The highest BCUT2D eigenvalue weighted by Gasteiger charge is 2.29. The Kier molecular flexibility index (Phi) is 6.54. The van der Waals surface area contributed by atoms with Crippen molar-refractivity contribution in [3.8, 4) is 0 Å². The third-order valence-corrected chi connectivity index (χ3v) is 8.11. The second-order valence-electron chi connectivity index (χ2n) is 7.35. The summed E-state index contributed by atoms with van der Waals surface area (Å²) in [6.45, 7) is 7.24. The van der Waals surface area contributed by atoms with E-state index in [2.05, 4.69) is 14.9 Å². The number of anilines is 1. The van der Waals surface area contributed by atoms with Crippen LogP contribution in [-0.4, -0.2) is 44.4 Å². The smallest absolute Gasteiger partial charge is 0.250 e. The maximum absolute atomic E-state index is 12.7. The van der Waals surface area contributed by atoms with E-state index in [1.807, 2.05) is 39.0 Å². The van der Waals surface area contributed by atoms with E-state index in [0.29, 0.717) is 30.1 Å². The fourth-order valence-corrected chi connectivity index (χ4v) is 5.69. The summed E-state index contributed by atoms with van der Waals surface area (Å²) >= 11 is 1.22. The second kappa shape index (κ2) is 8.73. The Balaban J connectivity index is 1.54. The van der Waals surface area contributed by atoms with Crippen LogP contribution in [-0.2, 0) is 14.8 Å². The highest BCUT2D eigenvalue weighted by atomic mass is 32.2. The van der Waals surface area contributed by atoms with Crippen LogP contribution in [0.4, 0.5) is 5.69 Å². The SMILES string of the molecule is Cc1ccc(C)c(NC(=O)[C@H](C)N2CCC(NS(=O)(=O)c3cccs3)CC2)c1. The molecule has 0 radical (unpaired) electrons. The number of amides is 1. The lowest BCUT2D eigenvalue weighted by Crippen LogP contribution is -2.50. The maximum Gasteiger partial charge on any atom is 0.250 e. The number of hydrogen-bond acceptors (Lipinski definition) is 5. The molecule has 2 heterocycles. The predicted molar refractivity (Wildman–Crippen MR) is 113 cm³/mol. The minimum absolute atomic E-state index is 0.0358. The van der Waals surface area contributed by atoms with Gasteiger partial charge in [0.15, 0.2) is 0 Å². The van der Waals surface area contributed by atoms with Crippen molar-refractivity contribution in [3.63, 3.8) is 0 Å². The van der Waals surface area contributed by atoms with Gasteiger partial charge in [-0.15, -0.1) is 11.3 Å². The van der Waals surface area contributed by atoms with Gasteiger partial charge in [0, 0.05) is 24.8 Å². The number of piperidine rings is 1. The van der Waals surface area contributed by atoms with Crippen molar-refractivity contribution >= 4 is 33.0 Å². The zero-order valence-corrected chi connectivity index (χ0v) is 18.1. The van der Waals surface area contributed by atoms with Crippen molar-refractivity contribution in [1.29, 1.82) is 0 Å². The Morgan fingerprint density at radius 2 is 1.93 bits per heavy atom.